The second-order valence-corrected chi connectivity index (χ2v) is 9.64. The minimum atomic E-state index is -0.225. The van der Waals surface area contributed by atoms with Crippen molar-refractivity contribution in [1.29, 1.82) is 0 Å². The van der Waals surface area contributed by atoms with E-state index in [0.29, 0.717) is 12.0 Å². The Morgan fingerprint density at radius 2 is 1.81 bits per heavy atom. The van der Waals surface area contributed by atoms with E-state index in [0.717, 1.165) is 66.6 Å². The molecule has 2 fully saturated rings. The van der Waals surface area contributed by atoms with Crippen LogP contribution in [-0.4, -0.2) is 43.2 Å². The Bertz CT molecular complexity index is 1130. The number of benzene rings is 1. The van der Waals surface area contributed by atoms with Crippen molar-refractivity contribution in [3.8, 4) is 0 Å². The number of piperidine rings is 1. The zero-order chi connectivity index (χ0) is 21.5. The molecule has 1 aliphatic carbocycles. The lowest BCUT2D eigenvalue weighted by molar-refractivity contribution is 0.147. The van der Waals surface area contributed by atoms with Crippen LogP contribution in [0.4, 0.5) is 0 Å². The van der Waals surface area contributed by atoms with E-state index in [-0.39, 0.29) is 11.6 Å². The predicted octanol–water partition coefficient (Wildman–Crippen LogP) is 4.07. The van der Waals surface area contributed by atoms with Crippen molar-refractivity contribution in [3.63, 3.8) is 0 Å². The fourth-order valence-electron chi connectivity index (χ4n) is 5.48. The molecule has 0 spiro atoms. The van der Waals surface area contributed by atoms with Gasteiger partial charge in [-0.2, -0.15) is 0 Å². The van der Waals surface area contributed by atoms with Gasteiger partial charge < -0.3 is 4.98 Å². The number of pyridine rings is 1. The minimum absolute atomic E-state index is 0.0379. The fourth-order valence-corrected chi connectivity index (χ4v) is 5.48. The molecule has 7 heteroatoms. The Kier molecular flexibility index (Phi) is 5.38. The zero-order valence-electron chi connectivity index (χ0n) is 18.8. The van der Waals surface area contributed by atoms with Crippen molar-refractivity contribution in [1.82, 2.24) is 30.1 Å². The van der Waals surface area contributed by atoms with Gasteiger partial charge in [-0.05, 0) is 92.0 Å². The first kappa shape index (κ1) is 20.4. The van der Waals surface area contributed by atoms with Crippen LogP contribution >= 0.6 is 0 Å². The Balaban J connectivity index is 1.66. The Morgan fingerprint density at radius 3 is 2.55 bits per heavy atom. The van der Waals surface area contributed by atoms with Crippen LogP contribution in [0.5, 0.6) is 0 Å². The number of aromatic amines is 1. The largest absolute Gasteiger partial charge is 0.321 e. The first-order chi connectivity index (χ1) is 15.0. The molecular formula is C24H32N6O. The second-order valence-electron chi connectivity index (χ2n) is 9.64. The average molecular weight is 421 g/mol. The minimum Gasteiger partial charge on any atom is -0.321 e. The molecule has 1 saturated carbocycles. The SMILES string of the molecule is Cc1cc(C)c2[nH]c(=O)c([C@H](c3nnnn3C3CCCC3)N3CCC(C)CC3)cc2c1. The number of likely N-dealkylation sites (tertiary alicyclic amines) is 1. The van der Waals surface area contributed by atoms with Crippen molar-refractivity contribution in [2.24, 2.45) is 5.92 Å². The van der Waals surface area contributed by atoms with Gasteiger partial charge in [0.15, 0.2) is 5.82 Å². The number of H-pyrrole nitrogens is 1. The van der Waals surface area contributed by atoms with Crippen molar-refractivity contribution < 1.29 is 0 Å². The monoisotopic (exact) mass is 420 g/mol. The van der Waals surface area contributed by atoms with Crippen LogP contribution in [0.2, 0.25) is 0 Å². The summed E-state index contributed by atoms with van der Waals surface area (Å²) in [4.78, 5) is 19.0. The van der Waals surface area contributed by atoms with Gasteiger partial charge in [-0.25, -0.2) is 4.68 Å². The Labute approximate surface area is 182 Å². The summed E-state index contributed by atoms with van der Waals surface area (Å²) in [6, 6.07) is 6.45. The highest BCUT2D eigenvalue weighted by Crippen LogP contribution is 2.35. The number of nitrogens with zero attached hydrogens (tertiary/aromatic N) is 5. The molecule has 0 bridgehead atoms. The van der Waals surface area contributed by atoms with Crippen LogP contribution in [0, 0.1) is 19.8 Å². The molecule has 0 radical (unpaired) electrons. The Hall–Kier alpha value is -2.54. The maximum absolute atomic E-state index is 13.4. The molecule has 1 aliphatic heterocycles. The van der Waals surface area contributed by atoms with E-state index >= 15 is 0 Å². The summed E-state index contributed by atoms with van der Waals surface area (Å²) in [6.07, 6.45) is 6.90. The first-order valence-corrected chi connectivity index (χ1v) is 11.7. The standard InChI is InChI=1S/C24H32N6O/c1-15-8-10-29(11-9-15)22(23-26-27-28-30(23)19-6-4-5-7-19)20-14-18-13-16(2)12-17(3)21(18)25-24(20)31/h12-15,19,22H,4-11H2,1-3H3,(H,25,31)/t22-/m1/s1. The number of aromatic nitrogens is 5. The second kappa shape index (κ2) is 8.19. The van der Waals surface area contributed by atoms with Crippen molar-refractivity contribution in [2.75, 3.05) is 13.1 Å². The first-order valence-electron chi connectivity index (χ1n) is 11.7. The quantitative estimate of drug-likeness (QED) is 0.688. The van der Waals surface area contributed by atoms with E-state index in [4.69, 9.17) is 0 Å². The summed E-state index contributed by atoms with van der Waals surface area (Å²) >= 11 is 0. The Morgan fingerprint density at radius 1 is 1.06 bits per heavy atom. The molecule has 2 aromatic heterocycles. The lowest BCUT2D eigenvalue weighted by Crippen LogP contribution is -2.40. The van der Waals surface area contributed by atoms with Gasteiger partial charge in [-0.3, -0.25) is 9.69 Å². The maximum atomic E-state index is 13.4. The summed E-state index contributed by atoms with van der Waals surface area (Å²) in [5.41, 5.74) is 3.92. The predicted molar refractivity (Wildman–Crippen MR) is 121 cm³/mol. The van der Waals surface area contributed by atoms with Gasteiger partial charge in [0.25, 0.3) is 5.56 Å². The molecule has 1 N–H and O–H groups in total. The third kappa shape index (κ3) is 3.80. The maximum Gasteiger partial charge on any atom is 0.253 e. The van der Waals surface area contributed by atoms with Gasteiger partial charge in [0.1, 0.15) is 6.04 Å². The number of hydrogen-bond acceptors (Lipinski definition) is 5. The summed E-state index contributed by atoms with van der Waals surface area (Å²) in [5.74, 6) is 1.53. The van der Waals surface area contributed by atoms with Gasteiger partial charge in [0.05, 0.1) is 11.6 Å². The molecule has 2 aliphatic rings. The molecule has 1 saturated heterocycles. The molecular weight excluding hydrogens is 388 g/mol. The van der Waals surface area contributed by atoms with Crippen LogP contribution < -0.4 is 5.56 Å². The lowest BCUT2D eigenvalue weighted by atomic mass is 9.95. The third-order valence-corrected chi connectivity index (χ3v) is 7.23. The topological polar surface area (TPSA) is 79.7 Å². The molecule has 164 valence electrons. The summed E-state index contributed by atoms with van der Waals surface area (Å²) in [7, 11) is 0. The van der Waals surface area contributed by atoms with Crippen LogP contribution in [0.25, 0.3) is 10.9 Å². The highest BCUT2D eigenvalue weighted by molar-refractivity contribution is 5.83. The molecule has 7 nitrogen and oxygen atoms in total. The van der Waals surface area contributed by atoms with E-state index < -0.39 is 0 Å². The highest BCUT2D eigenvalue weighted by Gasteiger charge is 2.34. The van der Waals surface area contributed by atoms with E-state index in [1.165, 1.54) is 18.4 Å². The molecule has 3 heterocycles. The molecule has 0 amide bonds. The third-order valence-electron chi connectivity index (χ3n) is 7.23. The van der Waals surface area contributed by atoms with Crippen molar-refractivity contribution in [2.45, 2.75) is 71.4 Å². The number of tetrazole rings is 1. The van der Waals surface area contributed by atoms with Crippen LogP contribution in [-0.2, 0) is 0 Å². The summed E-state index contributed by atoms with van der Waals surface area (Å²) < 4.78 is 2.01. The van der Waals surface area contributed by atoms with Gasteiger partial charge in [0, 0.05) is 5.56 Å². The van der Waals surface area contributed by atoms with Crippen molar-refractivity contribution in [3.05, 3.63) is 51.1 Å². The molecule has 0 unspecified atom stereocenters. The average Bonchev–Trinajstić information content (AvgIpc) is 3.42. The van der Waals surface area contributed by atoms with Gasteiger partial charge in [-0.1, -0.05) is 31.4 Å². The van der Waals surface area contributed by atoms with Crippen molar-refractivity contribution >= 4 is 10.9 Å². The number of rotatable bonds is 4. The van der Waals surface area contributed by atoms with E-state index in [1.54, 1.807) is 0 Å². The van der Waals surface area contributed by atoms with E-state index in [9.17, 15) is 4.79 Å². The smallest absolute Gasteiger partial charge is 0.253 e. The van der Waals surface area contributed by atoms with Crippen LogP contribution in [0.15, 0.2) is 23.0 Å². The molecule has 31 heavy (non-hydrogen) atoms. The molecule has 5 rings (SSSR count). The summed E-state index contributed by atoms with van der Waals surface area (Å²) in [5, 5.41) is 14.0. The number of nitrogens with one attached hydrogen (secondary N) is 1. The summed E-state index contributed by atoms with van der Waals surface area (Å²) in [6.45, 7) is 8.36. The van der Waals surface area contributed by atoms with Gasteiger partial charge >= 0.3 is 0 Å². The molecule has 1 atom stereocenters. The normalized spacial score (nSPS) is 20.0. The van der Waals surface area contributed by atoms with E-state index in [2.05, 4.69) is 64.4 Å². The highest BCUT2D eigenvalue weighted by atomic mass is 16.1. The zero-order valence-corrected chi connectivity index (χ0v) is 18.8. The van der Waals surface area contributed by atoms with Gasteiger partial charge in [0.2, 0.25) is 0 Å². The molecule has 3 aromatic rings. The van der Waals surface area contributed by atoms with Crippen LogP contribution in [0.1, 0.15) is 80.0 Å². The molecule has 1 aromatic carbocycles. The van der Waals surface area contributed by atoms with Gasteiger partial charge in [-0.15, -0.1) is 5.10 Å². The lowest BCUT2D eigenvalue weighted by Gasteiger charge is -2.36. The number of aryl methyl sites for hydroxylation is 2. The number of hydrogen-bond donors (Lipinski definition) is 1. The fraction of sp³-hybridized carbons (Fsp3) is 0.583. The van der Waals surface area contributed by atoms with Crippen LogP contribution in [0.3, 0.4) is 0 Å². The van der Waals surface area contributed by atoms with E-state index in [1.807, 2.05) is 4.68 Å². The number of fused-ring (bicyclic) bond motifs is 1.